The summed E-state index contributed by atoms with van der Waals surface area (Å²) in [5.41, 5.74) is 0.419. The van der Waals surface area contributed by atoms with Gasteiger partial charge < -0.3 is 19.2 Å². The highest BCUT2D eigenvalue weighted by Crippen LogP contribution is 2.25. The van der Waals surface area contributed by atoms with Gasteiger partial charge >= 0.3 is 12.1 Å². The van der Waals surface area contributed by atoms with Gasteiger partial charge in [0.05, 0.1) is 18.3 Å². The van der Waals surface area contributed by atoms with Crippen LogP contribution in [-0.2, 0) is 23.9 Å². The zero-order chi connectivity index (χ0) is 21.5. The second kappa shape index (κ2) is 10.1. The Labute approximate surface area is 174 Å². The number of nitrogens with zero attached hydrogens (tertiary/aromatic N) is 4. The lowest BCUT2D eigenvalue weighted by Gasteiger charge is -2.37. The van der Waals surface area contributed by atoms with Crippen LogP contribution in [0.3, 0.4) is 0 Å². The molecule has 11 nitrogen and oxygen atoms in total. The molecule has 0 saturated carbocycles. The van der Waals surface area contributed by atoms with E-state index in [1.807, 2.05) is 11.8 Å². The molecule has 2 saturated heterocycles. The lowest BCUT2D eigenvalue weighted by Crippen LogP contribution is -2.50. The van der Waals surface area contributed by atoms with Gasteiger partial charge in [-0.3, -0.25) is 14.8 Å². The monoisotopic (exact) mass is 421 g/mol. The normalized spacial score (nSPS) is 20.3. The van der Waals surface area contributed by atoms with E-state index in [4.69, 9.17) is 14.3 Å². The molecule has 1 N–H and O–H groups in total. The Morgan fingerprint density at radius 3 is 2.73 bits per heavy atom. The molecule has 2 aliphatic rings. The fourth-order valence-corrected chi connectivity index (χ4v) is 3.67. The molecule has 0 aromatic carbocycles. The Balaban J connectivity index is 1.63. The van der Waals surface area contributed by atoms with E-state index in [1.54, 1.807) is 17.9 Å². The van der Waals surface area contributed by atoms with Gasteiger partial charge in [0, 0.05) is 25.3 Å². The maximum atomic E-state index is 13.1. The topological polar surface area (TPSA) is 126 Å². The van der Waals surface area contributed by atoms with Gasteiger partial charge in [0.2, 0.25) is 6.61 Å². The third-order valence-corrected chi connectivity index (χ3v) is 5.22. The van der Waals surface area contributed by atoms with Crippen molar-refractivity contribution in [2.45, 2.75) is 45.2 Å². The first-order chi connectivity index (χ1) is 14.5. The molecule has 2 amide bonds. The van der Waals surface area contributed by atoms with Crippen LogP contribution in [0, 0.1) is 0 Å². The van der Waals surface area contributed by atoms with Crippen molar-refractivity contribution in [2.24, 2.45) is 5.16 Å². The lowest BCUT2D eigenvalue weighted by atomic mass is 10.0. The predicted molar refractivity (Wildman–Crippen MR) is 105 cm³/mol. The van der Waals surface area contributed by atoms with Crippen molar-refractivity contribution in [3.63, 3.8) is 0 Å². The number of piperidine rings is 1. The van der Waals surface area contributed by atoms with Gasteiger partial charge in [-0.25, -0.2) is 9.59 Å². The number of H-pyrrole nitrogens is 1. The number of amides is 2. The number of esters is 1. The number of rotatable bonds is 8. The Kier molecular flexibility index (Phi) is 7.26. The summed E-state index contributed by atoms with van der Waals surface area (Å²) in [6.45, 7) is 4.91. The van der Waals surface area contributed by atoms with Crippen LogP contribution in [0.15, 0.2) is 17.4 Å². The van der Waals surface area contributed by atoms with Crippen molar-refractivity contribution in [3.8, 4) is 0 Å². The van der Waals surface area contributed by atoms with E-state index < -0.39 is 12.6 Å². The second-order valence-electron chi connectivity index (χ2n) is 7.06. The zero-order valence-electron chi connectivity index (χ0n) is 17.2. The number of carbonyl (C=O) groups is 3. The zero-order valence-corrected chi connectivity index (χ0v) is 17.2. The number of hydrogen-bond acceptors (Lipinski definition) is 8. The van der Waals surface area contributed by atoms with Gasteiger partial charge in [-0.05, 0) is 32.3 Å². The van der Waals surface area contributed by atoms with Crippen LogP contribution in [0.2, 0.25) is 0 Å². The molecule has 1 unspecified atom stereocenters. The molecular formula is C19H27N5O6. The summed E-state index contributed by atoms with van der Waals surface area (Å²) in [5.74, 6) is -0.904. The largest absolute Gasteiger partial charge is 0.463 e. The first-order valence-corrected chi connectivity index (χ1v) is 10.1. The molecule has 11 heteroatoms. The van der Waals surface area contributed by atoms with E-state index in [9.17, 15) is 14.4 Å². The summed E-state index contributed by atoms with van der Waals surface area (Å²) >= 11 is 0. The minimum Gasteiger partial charge on any atom is -0.463 e. The highest BCUT2D eigenvalue weighted by molar-refractivity contribution is 6.44. The van der Waals surface area contributed by atoms with Crippen molar-refractivity contribution >= 4 is 23.7 Å². The Bertz CT molecular complexity index is 772. The SMILES string of the molecule is CCOC(=O)CON=C(C(=O)N1CCC(N2C(=O)OCC2CC)CC1)c1ccn[nH]1. The van der Waals surface area contributed by atoms with Gasteiger partial charge in [0.15, 0.2) is 5.71 Å². The van der Waals surface area contributed by atoms with Gasteiger partial charge in [0.1, 0.15) is 6.61 Å². The van der Waals surface area contributed by atoms with Crippen LogP contribution in [-0.4, -0.2) is 88.7 Å². The molecule has 0 radical (unpaired) electrons. The van der Waals surface area contributed by atoms with Crippen LogP contribution in [0.1, 0.15) is 38.8 Å². The molecule has 164 valence electrons. The van der Waals surface area contributed by atoms with E-state index in [2.05, 4.69) is 15.4 Å². The van der Waals surface area contributed by atoms with Crippen molar-refractivity contribution in [3.05, 3.63) is 18.0 Å². The van der Waals surface area contributed by atoms with Gasteiger partial charge in [-0.15, -0.1) is 0 Å². The average Bonchev–Trinajstić information content (AvgIpc) is 3.41. The first-order valence-electron chi connectivity index (χ1n) is 10.1. The van der Waals surface area contributed by atoms with Crippen molar-refractivity contribution < 1.29 is 28.7 Å². The molecule has 2 aliphatic heterocycles. The quantitative estimate of drug-likeness (QED) is 0.376. The minimum absolute atomic E-state index is 0.0299. The molecule has 3 rings (SSSR count). The smallest absolute Gasteiger partial charge is 0.410 e. The fraction of sp³-hybridized carbons (Fsp3) is 0.632. The molecule has 1 aromatic heterocycles. The highest BCUT2D eigenvalue weighted by Gasteiger charge is 2.39. The molecular weight excluding hydrogens is 394 g/mol. The molecule has 0 bridgehead atoms. The lowest BCUT2D eigenvalue weighted by molar-refractivity contribution is -0.148. The summed E-state index contributed by atoms with van der Waals surface area (Å²) in [5, 5.41) is 10.4. The predicted octanol–water partition coefficient (Wildman–Crippen LogP) is 0.915. The van der Waals surface area contributed by atoms with Crippen LogP contribution in [0.4, 0.5) is 4.79 Å². The van der Waals surface area contributed by atoms with E-state index in [0.29, 0.717) is 38.2 Å². The van der Waals surface area contributed by atoms with E-state index >= 15 is 0 Å². The van der Waals surface area contributed by atoms with Crippen LogP contribution in [0.5, 0.6) is 0 Å². The Morgan fingerprint density at radius 1 is 1.33 bits per heavy atom. The Morgan fingerprint density at radius 2 is 2.10 bits per heavy atom. The van der Waals surface area contributed by atoms with E-state index in [-0.39, 0.29) is 36.4 Å². The summed E-state index contributed by atoms with van der Waals surface area (Å²) in [7, 11) is 0. The second-order valence-corrected chi connectivity index (χ2v) is 7.06. The standard InChI is InChI=1S/C19H27N5O6/c1-3-13-11-29-19(27)24(13)14-6-9-23(10-7-14)18(26)17(15-5-8-20-21-15)22-30-12-16(25)28-4-2/h5,8,13-14H,3-4,6-7,9-12H2,1-2H3,(H,20,21). The highest BCUT2D eigenvalue weighted by atomic mass is 16.7. The number of oxime groups is 1. The van der Waals surface area contributed by atoms with E-state index in [1.165, 1.54) is 6.20 Å². The average molecular weight is 421 g/mol. The van der Waals surface area contributed by atoms with Gasteiger partial charge in [0.25, 0.3) is 5.91 Å². The number of likely N-dealkylation sites (tertiary alicyclic amines) is 1. The van der Waals surface area contributed by atoms with Crippen LogP contribution >= 0.6 is 0 Å². The molecule has 2 fully saturated rings. The number of aromatic amines is 1. The van der Waals surface area contributed by atoms with Crippen molar-refractivity contribution in [1.29, 1.82) is 0 Å². The Hall–Kier alpha value is -3.11. The molecule has 1 aromatic rings. The number of hydrogen-bond donors (Lipinski definition) is 1. The van der Waals surface area contributed by atoms with Crippen molar-refractivity contribution in [2.75, 3.05) is 32.9 Å². The molecule has 3 heterocycles. The third kappa shape index (κ3) is 4.89. The molecule has 1 atom stereocenters. The number of aromatic nitrogens is 2. The minimum atomic E-state index is -0.568. The maximum absolute atomic E-state index is 13.1. The third-order valence-electron chi connectivity index (χ3n) is 5.22. The van der Waals surface area contributed by atoms with Crippen LogP contribution in [0.25, 0.3) is 0 Å². The van der Waals surface area contributed by atoms with E-state index in [0.717, 1.165) is 6.42 Å². The summed E-state index contributed by atoms with van der Waals surface area (Å²) < 4.78 is 9.97. The summed E-state index contributed by atoms with van der Waals surface area (Å²) in [4.78, 5) is 45.1. The fourth-order valence-electron chi connectivity index (χ4n) is 3.67. The summed E-state index contributed by atoms with van der Waals surface area (Å²) in [6, 6.07) is 1.73. The molecule has 30 heavy (non-hydrogen) atoms. The molecule has 0 spiro atoms. The first kappa shape index (κ1) is 21.6. The van der Waals surface area contributed by atoms with Crippen LogP contribution < -0.4 is 0 Å². The number of ether oxygens (including phenoxy) is 2. The number of cyclic esters (lactones) is 1. The number of nitrogens with one attached hydrogen (secondary N) is 1. The molecule has 0 aliphatic carbocycles. The van der Waals surface area contributed by atoms with Gasteiger partial charge in [-0.2, -0.15) is 5.10 Å². The summed E-state index contributed by atoms with van der Waals surface area (Å²) in [6.07, 6.45) is 3.35. The maximum Gasteiger partial charge on any atom is 0.410 e. The van der Waals surface area contributed by atoms with Crippen molar-refractivity contribution in [1.82, 2.24) is 20.0 Å². The number of carbonyl (C=O) groups excluding carboxylic acids is 3. The van der Waals surface area contributed by atoms with Gasteiger partial charge in [-0.1, -0.05) is 12.1 Å².